The molecule has 1 atom stereocenters. The number of hydrazone groups is 1. The molecule has 1 aromatic carbocycles. The third-order valence-electron chi connectivity index (χ3n) is 4.01. The average molecular weight is 305 g/mol. The van der Waals surface area contributed by atoms with Gasteiger partial charge in [-0.25, -0.2) is 5.43 Å². The number of rotatable bonds is 2. The summed E-state index contributed by atoms with van der Waals surface area (Å²) >= 11 is 0. The summed E-state index contributed by atoms with van der Waals surface area (Å²) in [6.45, 7) is 0. The smallest absolute Gasteiger partial charge is 0.254 e. The number of carbonyl (C=O) groups is 1. The van der Waals surface area contributed by atoms with Crippen LogP contribution < -0.4 is 10.7 Å². The van der Waals surface area contributed by atoms with Crippen molar-refractivity contribution in [3.05, 3.63) is 54.1 Å². The van der Waals surface area contributed by atoms with Gasteiger partial charge in [-0.1, -0.05) is 18.2 Å². The lowest BCUT2D eigenvalue weighted by Crippen LogP contribution is -2.32. The lowest BCUT2D eigenvalue weighted by Gasteiger charge is -2.16. The van der Waals surface area contributed by atoms with Gasteiger partial charge in [0.1, 0.15) is 5.92 Å². The molecule has 6 heteroatoms. The van der Waals surface area contributed by atoms with Crippen LogP contribution in [-0.4, -0.2) is 22.4 Å². The Morgan fingerprint density at radius 3 is 3.00 bits per heavy atom. The van der Waals surface area contributed by atoms with Crippen LogP contribution in [0.3, 0.4) is 0 Å². The van der Waals surface area contributed by atoms with Gasteiger partial charge in [-0.05, 0) is 12.1 Å². The number of hydrogen-bond acceptors (Lipinski definition) is 4. The number of allylic oxidation sites excluding steroid dienone is 1. The highest BCUT2D eigenvalue weighted by atomic mass is 16.2. The van der Waals surface area contributed by atoms with Crippen molar-refractivity contribution in [2.75, 3.05) is 0 Å². The van der Waals surface area contributed by atoms with Gasteiger partial charge in [0, 0.05) is 48.3 Å². The maximum absolute atomic E-state index is 11.9. The lowest BCUT2D eigenvalue weighted by atomic mass is 9.99. The van der Waals surface area contributed by atoms with Gasteiger partial charge in [-0.2, -0.15) is 5.10 Å². The Bertz CT molecular complexity index is 916. The fourth-order valence-corrected chi connectivity index (χ4v) is 2.90. The molecule has 2 N–H and O–H groups in total. The van der Waals surface area contributed by atoms with E-state index in [9.17, 15) is 4.79 Å². The van der Waals surface area contributed by atoms with E-state index in [1.54, 1.807) is 18.6 Å². The highest BCUT2D eigenvalue weighted by Gasteiger charge is 2.29. The van der Waals surface area contributed by atoms with Gasteiger partial charge in [-0.3, -0.25) is 9.79 Å². The van der Waals surface area contributed by atoms with Gasteiger partial charge in [0.2, 0.25) is 0 Å². The van der Waals surface area contributed by atoms with Crippen molar-refractivity contribution in [3.8, 4) is 0 Å². The second kappa shape index (κ2) is 5.24. The Labute approximate surface area is 132 Å². The molecule has 0 spiro atoms. The summed E-state index contributed by atoms with van der Waals surface area (Å²) in [6, 6.07) is 8.20. The molecule has 3 heterocycles. The monoisotopic (exact) mass is 305 g/mol. The molecule has 0 bridgehead atoms. The number of aryl methyl sites for hydroxylation is 1. The first-order valence-corrected chi connectivity index (χ1v) is 7.32. The molecule has 0 aliphatic carbocycles. The number of para-hydroxylation sites is 1. The topological polar surface area (TPSA) is 70.8 Å². The number of aromatic nitrogens is 1. The second-order valence-corrected chi connectivity index (χ2v) is 5.48. The minimum absolute atomic E-state index is 0.162. The molecule has 0 radical (unpaired) electrons. The van der Waals surface area contributed by atoms with E-state index in [4.69, 9.17) is 0 Å². The van der Waals surface area contributed by atoms with E-state index in [2.05, 4.69) is 43.7 Å². The van der Waals surface area contributed by atoms with Crippen LogP contribution in [0.15, 0.2) is 58.7 Å². The van der Waals surface area contributed by atoms with Crippen LogP contribution in [0.4, 0.5) is 0 Å². The number of fused-ring (bicyclic) bond motifs is 1. The molecule has 6 nitrogen and oxygen atoms in total. The fraction of sp³-hybridized carbons (Fsp3) is 0.118. The maximum atomic E-state index is 11.9. The molecule has 1 unspecified atom stereocenters. The number of nitrogens with zero attached hydrogens (tertiary/aromatic N) is 3. The molecular formula is C17H15N5O. The third kappa shape index (κ3) is 2.24. The van der Waals surface area contributed by atoms with Crippen molar-refractivity contribution in [2.24, 2.45) is 23.1 Å². The number of nitrogens with one attached hydrogen (secondary N) is 2. The van der Waals surface area contributed by atoms with Crippen molar-refractivity contribution in [2.45, 2.75) is 0 Å². The largest absolute Gasteiger partial charge is 0.359 e. The van der Waals surface area contributed by atoms with Crippen molar-refractivity contribution in [1.29, 1.82) is 0 Å². The molecule has 0 fully saturated rings. The number of hydrogen-bond donors (Lipinski definition) is 2. The van der Waals surface area contributed by atoms with Crippen LogP contribution in [-0.2, 0) is 11.8 Å². The molecule has 2 aliphatic heterocycles. The molecule has 4 rings (SSSR count). The van der Waals surface area contributed by atoms with E-state index in [0.717, 1.165) is 22.2 Å². The first-order chi connectivity index (χ1) is 11.2. The summed E-state index contributed by atoms with van der Waals surface area (Å²) < 4.78 is 2.08. The molecule has 2 aromatic rings. The van der Waals surface area contributed by atoms with Crippen molar-refractivity contribution >= 4 is 34.8 Å². The molecule has 1 aromatic heterocycles. The van der Waals surface area contributed by atoms with Crippen LogP contribution in [0.1, 0.15) is 5.56 Å². The molecular weight excluding hydrogens is 290 g/mol. The van der Waals surface area contributed by atoms with Gasteiger partial charge in [0.25, 0.3) is 5.91 Å². The summed E-state index contributed by atoms with van der Waals surface area (Å²) in [5, 5.41) is 8.17. The van der Waals surface area contributed by atoms with Crippen LogP contribution >= 0.6 is 0 Å². The lowest BCUT2D eigenvalue weighted by molar-refractivity contribution is -0.120. The minimum Gasteiger partial charge on any atom is -0.359 e. The maximum Gasteiger partial charge on any atom is 0.254 e. The molecule has 0 saturated heterocycles. The summed E-state index contributed by atoms with van der Waals surface area (Å²) in [4.78, 5) is 16.3. The summed E-state index contributed by atoms with van der Waals surface area (Å²) in [7, 11) is 2.02. The Balaban J connectivity index is 1.80. The highest BCUT2D eigenvalue weighted by Crippen LogP contribution is 2.24. The number of carbonyl (C=O) groups excluding carboxylic acids is 1. The average Bonchev–Trinajstić information content (AvgIpc) is 3.13. The van der Waals surface area contributed by atoms with Gasteiger partial charge in [-0.15, -0.1) is 0 Å². The van der Waals surface area contributed by atoms with Crippen molar-refractivity contribution in [3.63, 3.8) is 0 Å². The molecule has 2 aliphatic rings. The van der Waals surface area contributed by atoms with Crippen LogP contribution in [0.5, 0.6) is 0 Å². The van der Waals surface area contributed by atoms with Gasteiger partial charge < -0.3 is 9.88 Å². The van der Waals surface area contributed by atoms with E-state index >= 15 is 0 Å². The molecule has 114 valence electrons. The van der Waals surface area contributed by atoms with E-state index < -0.39 is 5.92 Å². The summed E-state index contributed by atoms with van der Waals surface area (Å²) in [6.07, 6.45) is 9.07. The molecule has 0 saturated carbocycles. The summed E-state index contributed by atoms with van der Waals surface area (Å²) in [5.74, 6) is -0.627. The Kier molecular flexibility index (Phi) is 3.08. The van der Waals surface area contributed by atoms with Crippen molar-refractivity contribution < 1.29 is 4.79 Å². The zero-order valence-electron chi connectivity index (χ0n) is 12.5. The van der Waals surface area contributed by atoms with Crippen LogP contribution in [0.2, 0.25) is 0 Å². The van der Waals surface area contributed by atoms with E-state index in [1.165, 1.54) is 0 Å². The van der Waals surface area contributed by atoms with E-state index in [-0.39, 0.29) is 5.91 Å². The first kappa shape index (κ1) is 13.5. The first-order valence-electron chi connectivity index (χ1n) is 7.32. The van der Waals surface area contributed by atoms with E-state index in [0.29, 0.717) is 5.71 Å². The summed E-state index contributed by atoms with van der Waals surface area (Å²) in [5.41, 5.74) is 6.15. The standard InChI is InChI=1S/C17H15N5O/c1-22-10-11(12-4-2-3-5-15(12)22)8-14-16(19-7-6-18-14)13-9-20-21-17(13)23/h2-10,13,18H,1H3,(H,21,23). The number of aliphatic imine (C=N–C) groups is 1. The Hall–Kier alpha value is -3.15. The van der Waals surface area contributed by atoms with Crippen molar-refractivity contribution in [1.82, 2.24) is 15.3 Å². The van der Waals surface area contributed by atoms with E-state index in [1.807, 2.05) is 25.3 Å². The number of benzene rings is 1. The zero-order chi connectivity index (χ0) is 15.8. The molecule has 1 amide bonds. The normalized spacial score (nSPS) is 21.6. The molecule has 23 heavy (non-hydrogen) atoms. The van der Waals surface area contributed by atoms with Gasteiger partial charge in [0.05, 0.1) is 11.4 Å². The predicted octanol–water partition coefficient (Wildman–Crippen LogP) is 1.77. The quantitative estimate of drug-likeness (QED) is 0.887. The minimum atomic E-state index is -0.464. The zero-order valence-corrected chi connectivity index (χ0v) is 12.5. The van der Waals surface area contributed by atoms with Gasteiger partial charge in [0.15, 0.2) is 0 Å². The third-order valence-corrected chi connectivity index (χ3v) is 4.01. The SMILES string of the molecule is Cn1cc(C=C2NC=CN=C2C2C=NNC2=O)c2ccccc21. The Morgan fingerprint density at radius 1 is 1.30 bits per heavy atom. The number of amides is 1. The highest BCUT2D eigenvalue weighted by molar-refractivity contribution is 6.25. The Morgan fingerprint density at radius 2 is 2.17 bits per heavy atom. The van der Waals surface area contributed by atoms with Crippen LogP contribution in [0, 0.1) is 5.92 Å². The fourth-order valence-electron chi connectivity index (χ4n) is 2.90. The second-order valence-electron chi connectivity index (χ2n) is 5.48. The van der Waals surface area contributed by atoms with Crippen LogP contribution in [0.25, 0.3) is 17.0 Å². The van der Waals surface area contributed by atoms with Gasteiger partial charge >= 0.3 is 0 Å². The predicted molar refractivity (Wildman–Crippen MR) is 90.7 cm³/mol.